The highest BCUT2D eigenvalue weighted by atomic mass is 32.2. The van der Waals surface area contributed by atoms with E-state index < -0.39 is 0 Å². The maximum atomic E-state index is 9.40. The van der Waals surface area contributed by atoms with E-state index in [0.29, 0.717) is 0 Å². The van der Waals surface area contributed by atoms with Gasteiger partial charge in [-0.1, -0.05) is 25.1 Å². The second-order valence-electron chi connectivity index (χ2n) is 4.61. The normalized spacial score (nSPS) is 14.6. The van der Waals surface area contributed by atoms with Crippen molar-refractivity contribution in [2.24, 2.45) is 0 Å². The monoisotopic (exact) mass is 253 g/mol. The van der Waals surface area contributed by atoms with Crippen molar-refractivity contribution in [1.82, 2.24) is 5.32 Å². The van der Waals surface area contributed by atoms with Crippen molar-refractivity contribution in [2.75, 3.05) is 18.9 Å². The lowest BCUT2D eigenvalue weighted by molar-refractivity contribution is 0.173. The number of hydrogen-bond acceptors (Lipinski definition) is 3. The van der Waals surface area contributed by atoms with Crippen molar-refractivity contribution in [3.63, 3.8) is 0 Å². The van der Waals surface area contributed by atoms with Crippen molar-refractivity contribution in [1.29, 1.82) is 0 Å². The van der Waals surface area contributed by atoms with Crippen LogP contribution in [0.2, 0.25) is 0 Å². The first kappa shape index (κ1) is 14.6. The molecule has 0 spiro atoms. The molecule has 1 unspecified atom stereocenters. The van der Waals surface area contributed by atoms with Gasteiger partial charge in [-0.3, -0.25) is 0 Å². The Kier molecular flexibility index (Phi) is 6.03. The van der Waals surface area contributed by atoms with E-state index >= 15 is 0 Å². The topological polar surface area (TPSA) is 32.3 Å². The Morgan fingerprint density at radius 1 is 1.35 bits per heavy atom. The van der Waals surface area contributed by atoms with Crippen molar-refractivity contribution < 1.29 is 5.11 Å². The van der Waals surface area contributed by atoms with Crippen LogP contribution in [0, 0.1) is 6.92 Å². The van der Waals surface area contributed by atoms with Crippen LogP contribution in [0.5, 0.6) is 0 Å². The highest BCUT2D eigenvalue weighted by molar-refractivity contribution is 7.99. The number of likely N-dealkylation sites (N-methyl/N-ethyl adjacent to an activating group) is 1. The molecule has 1 atom stereocenters. The minimum absolute atomic E-state index is 0.148. The third kappa shape index (κ3) is 4.70. The molecule has 2 N–H and O–H groups in total. The van der Waals surface area contributed by atoms with E-state index in [0.717, 1.165) is 18.7 Å². The van der Waals surface area contributed by atoms with Crippen LogP contribution < -0.4 is 5.32 Å². The van der Waals surface area contributed by atoms with Gasteiger partial charge < -0.3 is 10.4 Å². The molecule has 2 nitrogen and oxygen atoms in total. The molecule has 96 valence electrons. The van der Waals surface area contributed by atoms with E-state index in [1.807, 2.05) is 11.8 Å². The van der Waals surface area contributed by atoms with Crippen LogP contribution in [-0.2, 0) is 0 Å². The molecule has 0 saturated carbocycles. The Hall–Kier alpha value is -0.510. The molecule has 0 aliphatic carbocycles. The summed E-state index contributed by atoms with van der Waals surface area (Å²) in [5.41, 5.74) is 1.18. The molecule has 0 radical (unpaired) electrons. The Morgan fingerprint density at radius 3 is 2.65 bits per heavy atom. The SMILES string of the molecule is CCNC(C)(CO)CCSc1ccccc1C. The molecule has 0 aliphatic heterocycles. The first-order valence-electron chi connectivity index (χ1n) is 6.15. The van der Waals surface area contributed by atoms with E-state index in [4.69, 9.17) is 0 Å². The smallest absolute Gasteiger partial charge is 0.0610 e. The van der Waals surface area contributed by atoms with Crippen molar-refractivity contribution in [2.45, 2.75) is 37.6 Å². The molecule has 0 fully saturated rings. The molecular formula is C14H23NOS. The average Bonchev–Trinajstić information content (AvgIpc) is 2.32. The molecule has 0 saturated heterocycles. The molecule has 0 heterocycles. The van der Waals surface area contributed by atoms with Crippen LogP contribution in [0.1, 0.15) is 25.8 Å². The fourth-order valence-electron chi connectivity index (χ4n) is 1.75. The van der Waals surface area contributed by atoms with Gasteiger partial charge in [0.2, 0.25) is 0 Å². The zero-order valence-corrected chi connectivity index (χ0v) is 11.8. The van der Waals surface area contributed by atoms with Crippen LogP contribution in [-0.4, -0.2) is 29.5 Å². The lowest BCUT2D eigenvalue weighted by Crippen LogP contribution is -2.46. The number of aliphatic hydroxyl groups excluding tert-OH is 1. The standard InChI is InChI=1S/C14H23NOS/c1-4-15-14(3,11-16)9-10-17-13-8-6-5-7-12(13)2/h5-8,15-16H,4,9-11H2,1-3H3. The second kappa shape index (κ2) is 7.04. The molecule has 1 rings (SSSR count). The van der Waals surface area contributed by atoms with Crippen LogP contribution in [0.15, 0.2) is 29.2 Å². The molecule has 0 aromatic heterocycles. The van der Waals surface area contributed by atoms with Gasteiger partial charge in [0, 0.05) is 10.4 Å². The molecule has 0 amide bonds. The maximum Gasteiger partial charge on any atom is 0.0610 e. The van der Waals surface area contributed by atoms with Crippen LogP contribution >= 0.6 is 11.8 Å². The summed E-state index contributed by atoms with van der Waals surface area (Å²) < 4.78 is 0. The quantitative estimate of drug-likeness (QED) is 0.733. The average molecular weight is 253 g/mol. The summed E-state index contributed by atoms with van der Waals surface area (Å²) in [6.07, 6.45) is 0.969. The number of benzene rings is 1. The number of thioether (sulfide) groups is 1. The summed E-state index contributed by atoms with van der Waals surface area (Å²) >= 11 is 1.86. The van der Waals surface area contributed by atoms with Crippen molar-refractivity contribution in [3.8, 4) is 0 Å². The zero-order chi connectivity index (χ0) is 12.7. The number of aliphatic hydroxyl groups is 1. The van der Waals surface area contributed by atoms with Gasteiger partial charge in [0.1, 0.15) is 0 Å². The third-order valence-electron chi connectivity index (χ3n) is 2.96. The number of aryl methyl sites for hydroxylation is 1. The van der Waals surface area contributed by atoms with Gasteiger partial charge in [-0.25, -0.2) is 0 Å². The summed E-state index contributed by atoms with van der Waals surface area (Å²) in [4.78, 5) is 1.34. The van der Waals surface area contributed by atoms with Gasteiger partial charge in [0.25, 0.3) is 0 Å². The zero-order valence-electron chi connectivity index (χ0n) is 11.0. The number of rotatable bonds is 7. The molecule has 1 aromatic carbocycles. The molecule has 17 heavy (non-hydrogen) atoms. The predicted molar refractivity (Wildman–Crippen MR) is 75.7 cm³/mol. The van der Waals surface area contributed by atoms with Gasteiger partial charge in [0.05, 0.1) is 6.61 Å². The van der Waals surface area contributed by atoms with Crippen LogP contribution in [0.25, 0.3) is 0 Å². The maximum absolute atomic E-state index is 9.40. The van der Waals surface area contributed by atoms with Gasteiger partial charge in [-0.2, -0.15) is 0 Å². The van der Waals surface area contributed by atoms with E-state index in [9.17, 15) is 5.11 Å². The van der Waals surface area contributed by atoms with Crippen molar-refractivity contribution in [3.05, 3.63) is 29.8 Å². The lowest BCUT2D eigenvalue weighted by atomic mass is 10.0. The molecule has 3 heteroatoms. The Bertz CT molecular complexity index is 343. The van der Waals surface area contributed by atoms with Crippen molar-refractivity contribution >= 4 is 11.8 Å². The minimum atomic E-state index is -0.148. The Balaban J connectivity index is 2.44. The predicted octanol–water partition coefficient (Wildman–Crippen LogP) is 2.84. The first-order chi connectivity index (χ1) is 8.11. The highest BCUT2D eigenvalue weighted by Crippen LogP contribution is 2.24. The van der Waals surface area contributed by atoms with Gasteiger partial charge in [-0.05, 0) is 44.2 Å². The van der Waals surface area contributed by atoms with E-state index in [2.05, 4.69) is 50.4 Å². The summed E-state index contributed by atoms with van der Waals surface area (Å²) in [6, 6.07) is 8.43. The largest absolute Gasteiger partial charge is 0.394 e. The van der Waals surface area contributed by atoms with Gasteiger partial charge in [-0.15, -0.1) is 11.8 Å². The number of nitrogens with one attached hydrogen (secondary N) is 1. The molecule has 1 aromatic rings. The third-order valence-corrected chi connectivity index (χ3v) is 4.13. The highest BCUT2D eigenvalue weighted by Gasteiger charge is 2.21. The fraction of sp³-hybridized carbons (Fsp3) is 0.571. The minimum Gasteiger partial charge on any atom is -0.394 e. The number of hydrogen-bond donors (Lipinski definition) is 2. The second-order valence-corrected chi connectivity index (χ2v) is 5.75. The van der Waals surface area contributed by atoms with E-state index in [1.54, 1.807) is 0 Å². The first-order valence-corrected chi connectivity index (χ1v) is 7.14. The fourth-order valence-corrected chi connectivity index (χ4v) is 3.00. The van der Waals surface area contributed by atoms with Crippen LogP contribution in [0.3, 0.4) is 0 Å². The van der Waals surface area contributed by atoms with E-state index in [-0.39, 0.29) is 12.1 Å². The van der Waals surface area contributed by atoms with Crippen LogP contribution in [0.4, 0.5) is 0 Å². The molecule has 0 bridgehead atoms. The van der Waals surface area contributed by atoms with Gasteiger partial charge >= 0.3 is 0 Å². The van der Waals surface area contributed by atoms with Gasteiger partial charge in [0.15, 0.2) is 0 Å². The summed E-state index contributed by atoms with van der Waals surface area (Å²) in [6.45, 7) is 7.37. The lowest BCUT2D eigenvalue weighted by Gasteiger charge is -2.28. The summed E-state index contributed by atoms with van der Waals surface area (Å²) in [5, 5.41) is 12.7. The summed E-state index contributed by atoms with van der Waals surface area (Å²) in [5.74, 6) is 1.02. The summed E-state index contributed by atoms with van der Waals surface area (Å²) in [7, 11) is 0. The van der Waals surface area contributed by atoms with E-state index in [1.165, 1.54) is 10.5 Å². The molecular weight excluding hydrogens is 230 g/mol. The Labute approximate surface area is 109 Å². The molecule has 0 aliphatic rings. The Morgan fingerprint density at radius 2 is 2.06 bits per heavy atom.